The predicted molar refractivity (Wildman–Crippen MR) is 61.3 cm³/mol. The number of hydrogen-bond acceptors (Lipinski definition) is 1. The minimum Gasteiger partial charge on any atom is -0.344 e. The molecule has 3 aliphatic rings. The third kappa shape index (κ3) is 1.45. The van der Waals surface area contributed by atoms with Gasteiger partial charge in [-0.3, -0.25) is 4.57 Å². The highest BCUT2D eigenvalue weighted by Gasteiger charge is 2.57. The smallest absolute Gasteiger partial charge is 0.207 e. The molecule has 3 rings (SSSR count). The molecule has 4 atom stereocenters. The summed E-state index contributed by atoms with van der Waals surface area (Å²) in [5, 5.41) is 0. The average Bonchev–Trinajstić information content (AvgIpc) is 2.51. The lowest BCUT2D eigenvalue weighted by Crippen LogP contribution is -2.26. The Morgan fingerprint density at radius 3 is 1.67 bits per heavy atom. The lowest BCUT2D eigenvalue weighted by Gasteiger charge is -2.30. The van der Waals surface area contributed by atoms with E-state index in [2.05, 4.69) is 0 Å². The maximum atomic E-state index is 12.5. The van der Waals surface area contributed by atoms with Crippen molar-refractivity contribution in [2.45, 2.75) is 62.7 Å². The van der Waals surface area contributed by atoms with E-state index in [-0.39, 0.29) is 11.3 Å². The molecule has 1 heterocycles. The molecule has 1 N–H and O–H groups in total. The Morgan fingerprint density at radius 2 is 1.20 bits per heavy atom. The van der Waals surface area contributed by atoms with Gasteiger partial charge in [-0.2, -0.15) is 0 Å². The van der Waals surface area contributed by atoms with Crippen molar-refractivity contribution in [3.05, 3.63) is 0 Å². The maximum absolute atomic E-state index is 12.5. The van der Waals surface area contributed by atoms with Crippen LogP contribution in [0.25, 0.3) is 0 Å². The number of fused-ring (bicyclic) bond motifs is 3. The van der Waals surface area contributed by atoms with Crippen LogP contribution in [0, 0.1) is 11.8 Å². The Hall–Kier alpha value is 0.190. The van der Waals surface area contributed by atoms with Gasteiger partial charge in [0.25, 0.3) is 0 Å². The summed E-state index contributed by atoms with van der Waals surface area (Å²) in [4.78, 5) is 10.3. The van der Waals surface area contributed by atoms with Crippen molar-refractivity contribution in [3.8, 4) is 0 Å². The molecule has 0 spiro atoms. The van der Waals surface area contributed by atoms with Gasteiger partial charge in [0.1, 0.15) is 0 Å². The molecular formula is C12H21O2P. The van der Waals surface area contributed by atoms with Crippen LogP contribution in [0.4, 0.5) is 0 Å². The van der Waals surface area contributed by atoms with Crippen LogP contribution in [0.5, 0.6) is 0 Å². The van der Waals surface area contributed by atoms with Crippen molar-refractivity contribution in [2.24, 2.45) is 11.8 Å². The summed E-state index contributed by atoms with van der Waals surface area (Å²) in [6, 6.07) is 0. The Bertz CT molecular complexity index is 276. The third-order valence-electron chi connectivity index (χ3n) is 5.06. The minimum atomic E-state index is -2.81. The molecule has 0 aromatic heterocycles. The summed E-state index contributed by atoms with van der Waals surface area (Å²) in [7, 11) is -2.81. The van der Waals surface area contributed by atoms with Crippen molar-refractivity contribution in [3.63, 3.8) is 0 Å². The van der Waals surface area contributed by atoms with Crippen LogP contribution >= 0.6 is 7.37 Å². The second-order valence-electron chi connectivity index (χ2n) is 5.70. The molecule has 3 heteroatoms. The average molecular weight is 228 g/mol. The van der Waals surface area contributed by atoms with Crippen LogP contribution < -0.4 is 0 Å². The summed E-state index contributed by atoms with van der Waals surface area (Å²) in [6.45, 7) is 0. The third-order valence-corrected chi connectivity index (χ3v) is 8.25. The van der Waals surface area contributed by atoms with Crippen molar-refractivity contribution in [1.82, 2.24) is 0 Å². The molecule has 0 radical (unpaired) electrons. The Balaban J connectivity index is 1.94. The molecule has 0 amide bonds. The summed E-state index contributed by atoms with van der Waals surface area (Å²) in [5.74, 6) is 1.22. The van der Waals surface area contributed by atoms with Gasteiger partial charge < -0.3 is 4.89 Å². The van der Waals surface area contributed by atoms with E-state index in [1.165, 1.54) is 38.5 Å². The van der Waals surface area contributed by atoms with Crippen molar-refractivity contribution >= 4 is 7.37 Å². The van der Waals surface area contributed by atoms with Crippen molar-refractivity contribution in [1.29, 1.82) is 0 Å². The maximum Gasteiger partial charge on any atom is 0.207 e. The van der Waals surface area contributed by atoms with E-state index in [0.29, 0.717) is 11.8 Å². The monoisotopic (exact) mass is 228 g/mol. The van der Waals surface area contributed by atoms with E-state index >= 15 is 0 Å². The van der Waals surface area contributed by atoms with Crippen LogP contribution in [-0.2, 0) is 4.57 Å². The molecule has 4 unspecified atom stereocenters. The zero-order valence-electron chi connectivity index (χ0n) is 9.27. The van der Waals surface area contributed by atoms with Crippen LogP contribution in [0.15, 0.2) is 0 Å². The first-order valence-corrected chi connectivity index (χ1v) is 8.33. The highest BCUT2D eigenvalue weighted by molar-refractivity contribution is 7.60. The number of rotatable bonds is 0. The van der Waals surface area contributed by atoms with Gasteiger partial charge in [-0.25, -0.2) is 0 Å². The van der Waals surface area contributed by atoms with Gasteiger partial charge >= 0.3 is 0 Å². The molecule has 0 bridgehead atoms. The topological polar surface area (TPSA) is 37.3 Å². The molecule has 0 aromatic carbocycles. The highest BCUT2D eigenvalue weighted by atomic mass is 31.2. The van der Waals surface area contributed by atoms with Gasteiger partial charge in [0.2, 0.25) is 7.37 Å². The van der Waals surface area contributed by atoms with E-state index in [4.69, 9.17) is 0 Å². The minimum absolute atomic E-state index is 0.194. The fourth-order valence-corrected chi connectivity index (χ4v) is 7.88. The van der Waals surface area contributed by atoms with Gasteiger partial charge in [0, 0.05) is 11.3 Å². The quantitative estimate of drug-likeness (QED) is 0.645. The summed E-state index contributed by atoms with van der Waals surface area (Å²) in [6.07, 6.45) is 9.49. The zero-order chi connectivity index (χ0) is 10.5. The Labute approximate surface area is 91.9 Å². The molecule has 1 saturated heterocycles. The van der Waals surface area contributed by atoms with E-state index in [9.17, 15) is 9.46 Å². The van der Waals surface area contributed by atoms with Crippen LogP contribution in [-0.4, -0.2) is 16.2 Å². The van der Waals surface area contributed by atoms with E-state index in [0.717, 1.165) is 12.8 Å². The first-order chi connectivity index (χ1) is 7.21. The predicted octanol–water partition coefficient (Wildman–Crippen LogP) is 3.39. The molecule has 2 aliphatic carbocycles. The molecule has 0 aromatic rings. The van der Waals surface area contributed by atoms with Gasteiger partial charge in [0.05, 0.1) is 0 Å². The fraction of sp³-hybridized carbons (Fsp3) is 1.00. The second kappa shape index (κ2) is 3.60. The Kier molecular flexibility index (Phi) is 2.48. The van der Waals surface area contributed by atoms with Crippen LogP contribution in [0.2, 0.25) is 0 Å². The first kappa shape index (κ1) is 10.4. The van der Waals surface area contributed by atoms with E-state index in [1.807, 2.05) is 0 Å². The molecule has 86 valence electrons. The highest BCUT2D eigenvalue weighted by Crippen LogP contribution is 2.70. The van der Waals surface area contributed by atoms with Crippen molar-refractivity contribution < 1.29 is 9.46 Å². The summed E-state index contributed by atoms with van der Waals surface area (Å²) < 4.78 is 12.5. The zero-order valence-corrected chi connectivity index (χ0v) is 10.2. The molecule has 2 saturated carbocycles. The van der Waals surface area contributed by atoms with E-state index in [1.54, 1.807) is 0 Å². The summed E-state index contributed by atoms with van der Waals surface area (Å²) >= 11 is 0. The van der Waals surface area contributed by atoms with Crippen LogP contribution in [0.3, 0.4) is 0 Å². The summed E-state index contributed by atoms with van der Waals surface area (Å²) in [5.41, 5.74) is 0.388. The first-order valence-electron chi connectivity index (χ1n) is 6.53. The van der Waals surface area contributed by atoms with Gasteiger partial charge in [-0.15, -0.1) is 0 Å². The molecule has 3 fully saturated rings. The van der Waals surface area contributed by atoms with Gasteiger partial charge in [-0.1, -0.05) is 25.7 Å². The van der Waals surface area contributed by atoms with Gasteiger partial charge in [-0.05, 0) is 37.5 Å². The Morgan fingerprint density at radius 1 is 0.800 bits per heavy atom. The standard InChI is InChI=1S/C12H21O2P/c13-15(14)11-7-3-1-5-9(11)10-6-2-4-8-12(10)15/h9-12H,1-8H2,(H,13,14). The lowest BCUT2D eigenvalue weighted by molar-refractivity contribution is 0.231. The SMILES string of the molecule is O=P1(O)C2CCCCC2C2CCCCC21. The van der Waals surface area contributed by atoms with E-state index < -0.39 is 7.37 Å². The second-order valence-corrected chi connectivity index (χ2v) is 8.38. The number of hydrogen-bond donors (Lipinski definition) is 1. The van der Waals surface area contributed by atoms with Crippen molar-refractivity contribution in [2.75, 3.05) is 0 Å². The van der Waals surface area contributed by atoms with Gasteiger partial charge in [0.15, 0.2) is 0 Å². The largest absolute Gasteiger partial charge is 0.344 e. The molecular weight excluding hydrogens is 207 g/mol. The molecule has 1 aliphatic heterocycles. The normalized spacial score (nSPS) is 54.7. The van der Waals surface area contributed by atoms with Crippen LogP contribution in [0.1, 0.15) is 51.4 Å². The lowest BCUT2D eigenvalue weighted by atomic mass is 9.73. The fourth-order valence-electron chi connectivity index (χ4n) is 4.44. The molecule has 15 heavy (non-hydrogen) atoms. The molecule has 2 nitrogen and oxygen atoms in total.